The Morgan fingerprint density at radius 3 is 2.50 bits per heavy atom. The molecular weight excluding hydrogens is 270 g/mol. The fourth-order valence-corrected chi connectivity index (χ4v) is 3.91. The van der Waals surface area contributed by atoms with E-state index in [1.54, 1.807) is 4.68 Å². The lowest BCUT2D eigenvalue weighted by Gasteiger charge is -2.10. The van der Waals surface area contributed by atoms with Gasteiger partial charge < -0.3 is 5.11 Å². The van der Waals surface area contributed by atoms with E-state index in [4.69, 9.17) is 0 Å². The highest BCUT2D eigenvalue weighted by Crippen LogP contribution is 2.60. The van der Waals surface area contributed by atoms with Crippen molar-refractivity contribution >= 4 is 15.9 Å². The van der Waals surface area contributed by atoms with Gasteiger partial charge in [-0.15, -0.1) is 5.10 Å². The molecule has 3 rings (SSSR count). The molecule has 2 aliphatic rings. The summed E-state index contributed by atoms with van der Waals surface area (Å²) in [6.45, 7) is 0. The smallest absolute Gasteiger partial charge is 0.154 e. The van der Waals surface area contributed by atoms with Crippen molar-refractivity contribution in [1.82, 2.24) is 15.0 Å². The number of aliphatic hydroxyl groups excluding tert-OH is 1. The SMILES string of the molecule is Cn1nnc(Br)c1C(O)C1C2CCCCC21. The van der Waals surface area contributed by atoms with Crippen molar-refractivity contribution in [3.63, 3.8) is 0 Å². The first-order chi connectivity index (χ1) is 7.70. The van der Waals surface area contributed by atoms with Gasteiger partial charge in [-0.05, 0) is 46.5 Å². The molecule has 2 aliphatic carbocycles. The molecule has 0 aliphatic heterocycles. The molecule has 0 saturated heterocycles. The first kappa shape index (κ1) is 10.7. The highest BCUT2D eigenvalue weighted by molar-refractivity contribution is 9.10. The third kappa shape index (κ3) is 1.52. The van der Waals surface area contributed by atoms with Crippen LogP contribution in [0, 0.1) is 17.8 Å². The topological polar surface area (TPSA) is 50.9 Å². The molecule has 0 aromatic carbocycles. The Morgan fingerprint density at radius 2 is 2.00 bits per heavy atom. The van der Waals surface area contributed by atoms with Crippen LogP contribution in [0.3, 0.4) is 0 Å². The summed E-state index contributed by atoms with van der Waals surface area (Å²) in [7, 11) is 1.84. The highest BCUT2D eigenvalue weighted by atomic mass is 79.9. The van der Waals surface area contributed by atoms with Crippen molar-refractivity contribution in [2.24, 2.45) is 24.8 Å². The van der Waals surface area contributed by atoms with Crippen LogP contribution in [0.4, 0.5) is 0 Å². The van der Waals surface area contributed by atoms with Crippen molar-refractivity contribution in [3.8, 4) is 0 Å². The summed E-state index contributed by atoms with van der Waals surface area (Å²) in [5.41, 5.74) is 0.833. The van der Waals surface area contributed by atoms with Gasteiger partial charge in [-0.25, -0.2) is 4.68 Å². The zero-order valence-corrected chi connectivity index (χ0v) is 10.9. The van der Waals surface area contributed by atoms with E-state index in [0.717, 1.165) is 17.5 Å². The van der Waals surface area contributed by atoms with Gasteiger partial charge >= 0.3 is 0 Å². The van der Waals surface area contributed by atoms with Crippen molar-refractivity contribution < 1.29 is 5.11 Å². The molecule has 3 atom stereocenters. The number of aliphatic hydroxyl groups is 1. The van der Waals surface area contributed by atoms with Gasteiger partial charge in [0.1, 0.15) is 11.8 Å². The van der Waals surface area contributed by atoms with Gasteiger partial charge in [-0.2, -0.15) is 0 Å². The lowest BCUT2D eigenvalue weighted by Crippen LogP contribution is -2.09. The zero-order valence-electron chi connectivity index (χ0n) is 9.30. The van der Waals surface area contributed by atoms with Crippen LogP contribution >= 0.6 is 15.9 Å². The van der Waals surface area contributed by atoms with Crippen molar-refractivity contribution in [2.45, 2.75) is 31.8 Å². The lowest BCUT2D eigenvalue weighted by molar-refractivity contribution is 0.132. The van der Waals surface area contributed by atoms with Crippen molar-refractivity contribution in [1.29, 1.82) is 0 Å². The molecule has 1 aromatic heterocycles. The third-order valence-electron chi connectivity index (χ3n) is 4.19. The van der Waals surface area contributed by atoms with Gasteiger partial charge in [-0.1, -0.05) is 18.1 Å². The van der Waals surface area contributed by atoms with Crippen LogP contribution in [0.25, 0.3) is 0 Å². The minimum atomic E-state index is -0.400. The monoisotopic (exact) mass is 285 g/mol. The van der Waals surface area contributed by atoms with E-state index in [2.05, 4.69) is 26.2 Å². The first-order valence-corrected chi connectivity index (χ1v) is 6.72. The third-order valence-corrected chi connectivity index (χ3v) is 4.76. The second-order valence-electron chi connectivity index (χ2n) is 5.02. The van der Waals surface area contributed by atoms with Crippen LogP contribution < -0.4 is 0 Å². The largest absolute Gasteiger partial charge is 0.386 e. The van der Waals surface area contributed by atoms with Crippen LogP contribution in [0.15, 0.2) is 4.60 Å². The summed E-state index contributed by atoms with van der Waals surface area (Å²) in [5.74, 6) is 1.92. The molecule has 5 heteroatoms. The van der Waals surface area contributed by atoms with E-state index in [1.165, 1.54) is 25.7 Å². The Bertz CT molecular complexity index is 374. The summed E-state index contributed by atoms with van der Waals surface area (Å²) >= 11 is 3.36. The van der Waals surface area contributed by atoms with Gasteiger partial charge in [0.15, 0.2) is 4.60 Å². The van der Waals surface area contributed by atoms with E-state index in [9.17, 15) is 5.11 Å². The minimum Gasteiger partial charge on any atom is -0.386 e. The molecule has 1 N–H and O–H groups in total. The molecule has 2 saturated carbocycles. The fourth-order valence-electron chi connectivity index (χ4n) is 3.35. The number of aromatic nitrogens is 3. The number of hydrogen-bond donors (Lipinski definition) is 1. The molecule has 4 nitrogen and oxygen atoms in total. The van der Waals surface area contributed by atoms with Crippen LogP contribution in [-0.4, -0.2) is 20.1 Å². The first-order valence-electron chi connectivity index (χ1n) is 5.93. The van der Waals surface area contributed by atoms with Crippen molar-refractivity contribution in [3.05, 3.63) is 10.3 Å². The van der Waals surface area contributed by atoms with Crippen LogP contribution in [0.5, 0.6) is 0 Å². The lowest BCUT2D eigenvalue weighted by atomic mass is 10.0. The normalized spacial score (nSPS) is 34.6. The molecule has 3 unspecified atom stereocenters. The predicted molar refractivity (Wildman–Crippen MR) is 62.6 cm³/mol. The molecule has 0 spiro atoms. The predicted octanol–water partition coefficient (Wildman–Crippen LogP) is 2.05. The maximum atomic E-state index is 10.4. The summed E-state index contributed by atoms with van der Waals surface area (Å²) in [6.07, 6.45) is 4.83. The molecule has 1 heterocycles. The van der Waals surface area contributed by atoms with Gasteiger partial charge in [0.2, 0.25) is 0 Å². The summed E-state index contributed by atoms with van der Waals surface area (Å²) in [4.78, 5) is 0. The highest BCUT2D eigenvalue weighted by Gasteiger charge is 2.55. The van der Waals surface area contributed by atoms with E-state index in [-0.39, 0.29) is 0 Å². The molecule has 1 aromatic rings. The maximum Gasteiger partial charge on any atom is 0.154 e. The molecule has 88 valence electrons. The second-order valence-corrected chi connectivity index (χ2v) is 5.77. The Hall–Kier alpha value is -0.420. The molecule has 0 radical (unpaired) electrons. The number of nitrogens with zero attached hydrogens (tertiary/aromatic N) is 3. The average Bonchev–Trinajstić information content (AvgIpc) is 2.91. The molecular formula is C11H16BrN3O. The Kier molecular flexibility index (Phi) is 2.55. The average molecular weight is 286 g/mol. The molecule has 2 fully saturated rings. The van der Waals surface area contributed by atoms with E-state index >= 15 is 0 Å². The number of hydrogen-bond acceptors (Lipinski definition) is 3. The molecule has 16 heavy (non-hydrogen) atoms. The minimum absolute atomic E-state index is 0.400. The molecule has 0 amide bonds. The fraction of sp³-hybridized carbons (Fsp3) is 0.818. The van der Waals surface area contributed by atoms with E-state index in [1.807, 2.05) is 7.05 Å². The van der Waals surface area contributed by atoms with Gasteiger partial charge in [0.05, 0.1) is 0 Å². The summed E-state index contributed by atoms with van der Waals surface area (Å²) in [5, 5.41) is 18.3. The Morgan fingerprint density at radius 1 is 1.38 bits per heavy atom. The second kappa shape index (κ2) is 3.81. The van der Waals surface area contributed by atoms with Gasteiger partial charge in [0.25, 0.3) is 0 Å². The van der Waals surface area contributed by atoms with Crippen LogP contribution in [0.1, 0.15) is 37.5 Å². The number of halogens is 1. The summed E-state index contributed by atoms with van der Waals surface area (Å²) in [6, 6.07) is 0. The quantitative estimate of drug-likeness (QED) is 0.905. The Balaban J connectivity index is 1.81. The van der Waals surface area contributed by atoms with E-state index < -0.39 is 6.10 Å². The van der Waals surface area contributed by atoms with Gasteiger partial charge in [-0.3, -0.25) is 0 Å². The molecule has 0 bridgehead atoms. The standard InChI is InChI=1S/C11H16BrN3O/c1-15-9(11(12)13-14-15)10(16)8-6-4-2-3-5-7(6)8/h6-8,10,16H,2-5H2,1H3. The van der Waals surface area contributed by atoms with Crippen LogP contribution in [0.2, 0.25) is 0 Å². The van der Waals surface area contributed by atoms with Gasteiger partial charge in [0, 0.05) is 7.05 Å². The summed E-state index contributed by atoms with van der Waals surface area (Å²) < 4.78 is 2.37. The van der Waals surface area contributed by atoms with Crippen molar-refractivity contribution in [2.75, 3.05) is 0 Å². The Labute approximate surface area is 103 Å². The zero-order chi connectivity index (χ0) is 11.3. The number of fused-ring (bicyclic) bond motifs is 1. The maximum absolute atomic E-state index is 10.4. The van der Waals surface area contributed by atoms with Crippen LogP contribution in [-0.2, 0) is 7.05 Å². The van der Waals surface area contributed by atoms with E-state index in [0.29, 0.717) is 10.5 Å². The number of rotatable bonds is 2. The number of aryl methyl sites for hydroxylation is 1.